The summed E-state index contributed by atoms with van der Waals surface area (Å²) < 4.78 is 0. The van der Waals surface area contributed by atoms with Crippen LogP contribution in [-0.4, -0.2) is 7.05 Å². The van der Waals surface area contributed by atoms with Crippen LogP contribution < -0.4 is 4.90 Å². The van der Waals surface area contributed by atoms with Gasteiger partial charge in [0.05, 0.1) is 17.7 Å². The molecule has 0 saturated carbocycles. The van der Waals surface area contributed by atoms with Crippen LogP contribution in [0.4, 0.5) is 5.69 Å². The Morgan fingerprint density at radius 1 is 1.14 bits per heavy atom. The molecule has 0 N–H and O–H groups in total. The summed E-state index contributed by atoms with van der Waals surface area (Å²) in [5, 5.41) is 9.08. The Morgan fingerprint density at radius 3 is 2.57 bits per heavy atom. The van der Waals surface area contributed by atoms with E-state index in [1.807, 2.05) is 18.2 Å². The first-order valence-corrected chi connectivity index (χ1v) is 7.46. The van der Waals surface area contributed by atoms with Crippen LogP contribution in [-0.2, 0) is 0 Å². The van der Waals surface area contributed by atoms with Crippen molar-refractivity contribution in [1.29, 1.82) is 5.26 Å². The molecule has 0 aromatic heterocycles. The molecule has 1 unspecified atom stereocenters. The molecule has 0 aliphatic rings. The molecule has 2 heteroatoms. The lowest BCUT2D eigenvalue weighted by molar-refractivity contribution is 0.599. The fraction of sp³-hybridized carbons (Fsp3) is 0.316. The first kappa shape index (κ1) is 15.1. The summed E-state index contributed by atoms with van der Waals surface area (Å²) in [4.78, 5) is 2.28. The highest BCUT2D eigenvalue weighted by atomic mass is 15.1. The predicted molar refractivity (Wildman–Crippen MR) is 88.4 cm³/mol. The van der Waals surface area contributed by atoms with Gasteiger partial charge in [-0.15, -0.1) is 0 Å². The summed E-state index contributed by atoms with van der Waals surface area (Å²) >= 11 is 0. The first-order chi connectivity index (χ1) is 10.2. The zero-order valence-corrected chi connectivity index (χ0v) is 13.0. The number of aryl methyl sites for hydroxylation is 1. The Balaban J connectivity index is 2.38. The van der Waals surface area contributed by atoms with Gasteiger partial charge in [-0.3, -0.25) is 0 Å². The average molecular weight is 278 g/mol. The van der Waals surface area contributed by atoms with E-state index in [1.54, 1.807) is 0 Å². The minimum atomic E-state index is 0.338. The summed E-state index contributed by atoms with van der Waals surface area (Å²) in [6, 6.07) is 18.9. The number of hydrogen-bond donors (Lipinski definition) is 0. The second-order valence-corrected chi connectivity index (χ2v) is 5.43. The van der Waals surface area contributed by atoms with Crippen molar-refractivity contribution in [2.75, 3.05) is 11.9 Å². The maximum absolute atomic E-state index is 9.08. The Hall–Kier alpha value is -2.27. The van der Waals surface area contributed by atoms with E-state index in [2.05, 4.69) is 62.2 Å². The zero-order chi connectivity index (χ0) is 15.2. The second kappa shape index (κ2) is 6.95. The summed E-state index contributed by atoms with van der Waals surface area (Å²) in [7, 11) is 2.11. The first-order valence-electron chi connectivity index (χ1n) is 7.46. The quantitative estimate of drug-likeness (QED) is 0.782. The molecule has 0 amide bonds. The van der Waals surface area contributed by atoms with E-state index in [-0.39, 0.29) is 0 Å². The molecule has 0 fully saturated rings. The number of nitrogens with zero attached hydrogens (tertiary/aromatic N) is 2. The molecule has 0 saturated heterocycles. The van der Waals surface area contributed by atoms with Crippen LogP contribution >= 0.6 is 0 Å². The van der Waals surface area contributed by atoms with Gasteiger partial charge in [0.2, 0.25) is 0 Å². The molecule has 1 atom stereocenters. The molecule has 0 aliphatic carbocycles. The molecule has 2 nitrogen and oxygen atoms in total. The van der Waals surface area contributed by atoms with Gasteiger partial charge in [0.15, 0.2) is 0 Å². The summed E-state index contributed by atoms with van der Waals surface area (Å²) in [6.07, 6.45) is 2.22. The minimum absolute atomic E-state index is 0.338. The number of rotatable bonds is 5. The standard InChI is InChI=1S/C19H22N2/c1-4-8-19(18-12-6-5-9-15(18)2)21(3)17-11-7-10-16(13-17)14-20/h5-7,9-13,19H,4,8H2,1-3H3. The number of anilines is 1. The molecule has 0 bridgehead atoms. The topological polar surface area (TPSA) is 27.0 Å². The van der Waals surface area contributed by atoms with Gasteiger partial charge in [0, 0.05) is 12.7 Å². The fourth-order valence-corrected chi connectivity index (χ4v) is 2.77. The van der Waals surface area contributed by atoms with E-state index in [4.69, 9.17) is 5.26 Å². The Morgan fingerprint density at radius 2 is 1.90 bits per heavy atom. The highest BCUT2D eigenvalue weighted by Crippen LogP contribution is 2.31. The predicted octanol–water partition coefficient (Wildman–Crippen LogP) is 4.84. The van der Waals surface area contributed by atoms with E-state index >= 15 is 0 Å². The van der Waals surface area contributed by atoms with Crippen LogP contribution in [0.25, 0.3) is 0 Å². The Labute approximate surface area is 127 Å². The van der Waals surface area contributed by atoms with Gasteiger partial charge in [0.1, 0.15) is 0 Å². The van der Waals surface area contributed by atoms with Crippen molar-refractivity contribution in [3.8, 4) is 6.07 Å². The maximum atomic E-state index is 9.08. The molecule has 2 rings (SSSR count). The highest BCUT2D eigenvalue weighted by molar-refractivity contribution is 5.53. The number of nitriles is 1. The largest absolute Gasteiger partial charge is 0.368 e. The van der Waals surface area contributed by atoms with Crippen molar-refractivity contribution < 1.29 is 0 Å². The molecule has 2 aromatic rings. The fourth-order valence-electron chi connectivity index (χ4n) is 2.77. The molecule has 0 heterocycles. The monoisotopic (exact) mass is 278 g/mol. The molecule has 21 heavy (non-hydrogen) atoms. The van der Waals surface area contributed by atoms with Crippen molar-refractivity contribution in [2.45, 2.75) is 32.7 Å². The third-order valence-corrected chi connectivity index (χ3v) is 3.96. The molecule has 0 radical (unpaired) electrons. The SMILES string of the molecule is CCCC(c1ccccc1C)N(C)c1cccc(C#N)c1. The normalized spacial score (nSPS) is 11.7. The van der Waals surface area contributed by atoms with Crippen molar-refractivity contribution in [1.82, 2.24) is 0 Å². The van der Waals surface area contributed by atoms with Crippen molar-refractivity contribution >= 4 is 5.69 Å². The van der Waals surface area contributed by atoms with Gasteiger partial charge in [0.25, 0.3) is 0 Å². The lowest BCUT2D eigenvalue weighted by atomic mass is 9.96. The third kappa shape index (κ3) is 3.44. The maximum Gasteiger partial charge on any atom is 0.0992 e. The molecule has 0 aliphatic heterocycles. The molecular weight excluding hydrogens is 256 g/mol. The van der Waals surface area contributed by atoms with Crippen molar-refractivity contribution in [2.24, 2.45) is 0 Å². The van der Waals surface area contributed by atoms with Gasteiger partial charge >= 0.3 is 0 Å². The second-order valence-electron chi connectivity index (χ2n) is 5.43. The summed E-state index contributed by atoms with van der Waals surface area (Å²) in [5.41, 5.74) is 4.48. The van der Waals surface area contributed by atoms with Crippen LogP contribution in [0.3, 0.4) is 0 Å². The Bertz CT molecular complexity index is 640. The third-order valence-electron chi connectivity index (χ3n) is 3.96. The van der Waals surface area contributed by atoms with E-state index < -0.39 is 0 Å². The van der Waals surface area contributed by atoms with E-state index in [0.29, 0.717) is 11.6 Å². The van der Waals surface area contributed by atoms with Crippen molar-refractivity contribution in [3.63, 3.8) is 0 Å². The highest BCUT2D eigenvalue weighted by Gasteiger charge is 2.18. The number of hydrogen-bond acceptors (Lipinski definition) is 2. The van der Waals surface area contributed by atoms with Crippen LogP contribution in [0.15, 0.2) is 48.5 Å². The summed E-state index contributed by atoms with van der Waals surface area (Å²) in [6.45, 7) is 4.38. The van der Waals surface area contributed by atoms with E-state index in [0.717, 1.165) is 18.5 Å². The molecule has 0 spiro atoms. The molecule has 108 valence electrons. The average Bonchev–Trinajstić information content (AvgIpc) is 2.53. The lowest BCUT2D eigenvalue weighted by Crippen LogP contribution is -2.24. The van der Waals surface area contributed by atoms with Crippen LogP contribution in [0.1, 0.15) is 42.5 Å². The van der Waals surface area contributed by atoms with E-state index in [1.165, 1.54) is 11.1 Å². The smallest absolute Gasteiger partial charge is 0.0992 e. The molecule has 2 aromatic carbocycles. The zero-order valence-electron chi connectivity index (χ0n) is 13.0. The van der Waals surface area contributed by atoms with Crippen LogP contribution in [0.5, 0.6) is 0 Å². The van der Waals surface area contributed by atoms with Gasteiger partial charge in [-0.25, -0.2) is 0 Å². The van der Waals surface area contributed by atoms with Crippen LogP contribution in [0, 0.1) is 18.3 Å². The van der Waals surface area contributed by atoms with Crippen molar-refractivity contribution in [3.05, 3.63) is 65.2 Å². The van der Waals surface area contributed by atoms with Crippen LogP contribution in [0.2, 0.25) is 0 Å². The molecular formula is C19H22N2. The summed E-state index contributed by atoms with van der Waals surface area (Å²) in [5.74, 6) is 0. The lowest BCUT2D eigenvalue weighted by Gasteiger charge is -2.31. The number of benzene rings is 2. The van der Waals surface area contributed by atoms with Gasteiger partial charge < -0.3 is 4.90 Å². The van der Waals surface area contributed by atoms with Gasteiger partial charge in [-0.05, 0) is 42.7 Å². The van der Waals surface area contributed by atoms with Gasteiger partial charge in [-0.1, -0.05) is 43.7 Å². The Kier molecular flexibility index (Phi) is 5.00. The minimum Gasteiger partial charge on any atom is -0.368 e. The van der Waals surface area contributed by atoms with Gasteiger partial charge in [-0.2, -0.15) is 5.26 Å². The van der Waals surface area contributed by atoms with E-state index in [9.17, 15) is 0 Å².